The van der Waals surface area contributed by atoms with Crippen molar-refractivity contribution in [1.82, 2.24) is 10.2 Å². The van der Waals surface area contributed by atoms with E-state index >= 15 is 0 Å². The van der Waals surface area contributed by atoms with Gasteiger partial charge in [0.1, 0.15) is 5.84 Å². The summed E-state index contributed by atoms with van der Waals surface area (Å²) in [4.78, 5) is 19.7. The van der Waals surface area contributed by atoms with Gasteiger partial charge in [0.05, 0.1) is 17.8 Å². The second kappa shape index (κ2) is 8.03. The topological polar surface area (TPSA) is 44.7 Å². The fourth-order valence-corrected chi connectivity index (χ4v) is 4.35. The maximum Gasteiger partial charge on any atom is 0.220 e. The lowest BCUT2D eigenvalue weighted by Crippen LogP contribution is -2.45. The Morgan fingerprint density at radius 2 is 2.25 bits per heavy atom. The molecule has 0 saturated carbocycles. The van der Waals surface area contributed by atoms with Gasteiger partial charge in [0.15, 0.2) is 0 Å². The van der Waals surface area contributed by atoms with Gasteiger partial charge in [-0.25, -0.2) is 0 Å². The molecule has 1 aliphatic carbocycles. The molecule has 0 radical (unpaired) electrons. The minimum absolute atomic E-state index is 0.000261. The van der Waals surface area contributed by atoms with Crippen LogP contribution in [0.3, 0.4) is 0 Å². The molecule has 0 spiro atoms. The van der Waals surface area contributed by atoms with Crippen LogP contribution in [0.2, 0.25) is 10.0 Å². The van der Waals surface area contributed by atoms with Crippen LogP contribution < -0.4 is 5.32 Å². The molecule has 1 unspecified atom stereocenters. The van der Waals surface area contributed by atoms with Crippen LogP contribution in [-0.2, 0) is 11.2 Å². The summed E-state index contributed by atoms with van der Waals surface area (Å²) in [6, 6.07) is 5.48. The predicted octanol–water partition coefficient (Wildman–Crippen LogP) is 4.44. The molecule has 3 aliphatic rings. The maximum absolute atomic E-state index is 12.7. The molecule has 1 saturated heterocycles. The van der Waals surface area contributed by atoms with Crippen molar-refractivity contribution < 1.29 is 4.79 Å². The van der Waals surface area contributed by atoms with Gasteiger partial charge in [-0.2, -0.15) is 0 Å². The zero-order valence-electron chi connectivity index (χ0n) is 15.6. The third-order valence-corrected chi connectivity index (χ3v) is 5.78. The van der Waals surface area contributed by atoms with Crippen molar-refractivity contribution >= 4 is 34.9 Å². The highest BCUT2D eigenvalue weighted by Crippen LogP contribution is 2.31. The molecule has 4 rings (SSSR count). The van der Waals surface area contributed by atoms with E-state index in [2.05, 4.69) is 34.7 Å². The van der Waals surface area contributed by atoms with Gasteiger partial charge in [-0.05, 0) is 56.0 Å². The van der Waals surface area contributed by atoms with Crippen molar-refractivity contribution in [3.8, 4) is 0 Å². The monoisotopic (exact) mass is 413 g/mol. The molecule has 2 atom stereocenters. The van der Waals surface area contributed by atoms with Crippen molar-refractivity contribution in [1.29, 1.82) is 0 Å². The summed E-state index contributed by atoms with van der Waals surface area (Å²) in [7, 11) is 0. The number of nitrogens with one attached hydrogen (secondary N) is 1. The average Bonchev–Trinajstić information content (AvgIpc) is 3.00. The molecular formula is C22H21Cl2N3O. The van der Waals surface area contributed by atoms with Crippen LogP contribution in [0.5, 0.6) is 0 Å². The number of benzene rings is 1. The van der Waals surface area contributed by atoms with Gasteiger partial charge in [-0.15, -0.1) is 0 Å². The zero-order chi connectivity index (χ0) is 19.7. The summed E-state index contributed by atoms with van der Waals surface area (Å²) < 4.78 is 0. The standard InChI is InChI=1S/C22H21Cl2N3O/c1-14-13-27-20-5-3-2-4-16(20)7-10-19(22(27)25-14)26-21(28)11-8-15-6-9-17(23)12-18(15)24/h3,5-6,9,12,14,19H,7-8,10-11,13H2,1H3,(H,26,28)/t14-,19?/m0/s1. The van der Waals surface area contributed by atoms with E-state index in [-0.39, 0.29) is 18.0 Å². The first-order valence-electron chi connectivity index (χ1n) is 9.51. The lowest BCUT2D eigenvalue weighted by atomic mass is 10.0. The van der Waals surface area contributed by atoms with E-state index in [0.717, 1.165) is 42.1 Å². The molecule has 2 aliphatic heterocycles. The van der Waals surface area contributed by atoms with E-state index in [1.54, 1.807) is 12.1 Å². The van der Waals surface area contributed by atoms with E-state index in [4.69, 9.17) is 28.2 Å². The second-order valence-corrected chi connectivity index (χ2v) is 8.15. The number of hydrogen-bond acceptors (Lipinski definition) is 3. The summed E-state index contributed by atoms with van der Waals surface area (Å²) in [6.07, 6.45) is 6.53. The van der Waals surface area contributed by atoms with E-state index in [9.17, 15) is 4.79 Å². The SMILES string of the molecule is C[C@H]1CN2C3=CC=C=C=C3CCC(NC(=O)CCc3ccc(Cl)cc3Cl)C2=N1. The molecule has 6 heteroatoms. The molecule has 4 nitrogen and oxygen atoms in total. The molecular weight excluding hydrogens is 393 g/mol. The molecule has 1 aromatic rings. The summed E-state index contributed by atoms with van der Waals surface area (Å²) in [5, 5.41) is 4.37. The maximum atomic E-state index is 12.7. The Balaban J connectivity index is 1.45. The number of hydrogen-bond donors (Lipinski definition) is 1. The van der Waals surface area contributed by atoms with Gasteiger partial charge in [0, 0.05) is 28.6 Å². The minimum atomic E-state index is -0.0982. The number of carbonyl (C=O) groups is 1. The van der Waals surface area contributed by atoms with Crippen molar-refractivity contribution in [2.24, 2.45) is 4.99 Å². The van der Waals surface area contributed by atoms with Gasteiger partial charge in [0.25, 0.3) is 0 Å². The predicted molar refractivity (Wildman–Crippen MR) is 113 cm³/mol. The van der Waals surface area contributed by atoms with Crippen molar-refractivity contribution in [3.63, 3.8) is 0 Å². The van der Waals surface area contributed by atoms with Crippen LogP contribution in [-0.4, -0.2) is 35.3 Å². The molecule has 28 heavy (non-hydrogen) atoms. The summed E-state index contributed by atoms with van der Waals surface area (Å²) in [5.74, 6) is 0.948. The van der Waals surface area contributed by atoms with Crippen LogP contribution in [0, 0.1) is 0 Å². The number of allylic oxidation sites excluding steroid dienone is 3. The Hall–Kier alpha value is -2.22. The third-order valence-electron chi connectivity index (χ3n) is 5.19. The highest BCUT2D eigenvalue weighted by atomic mass is 35.5. The average molecular weight is 414 g/mol. The number of fused-ring (bicyclic) bond motifs is 3. The summed E-state index contributed by atoms with van der Waals surface area (Å²) in [6.45, 7) is 2.93. The normalized spacial score (nSPS) is 22.7. The number of aliphatic imine (C=N–C) groups is 1. The van der Waals surface area contributed by atoms with E-state index in [1.165, 1.54) is 0 Å². The number of rotatable bonds is 4. The lowest BCUT2D eigenvalue weighted by Gasteiger charge is -2.26. The first-order valence-corrected chi connectivity index (χ1v) is 10.3. The molecule has 1 fully saturated rings. The number of halogens is 2. The first kappa shape index (κ1) is 19.1. The van der Waals surface area contributed by atoms with Crippen LogP contribution in [0.4, 0.5) is 0 Å². The fraction of sp³-hybridized carbons (Fsp3) is 0.364. The number of carbonyl (C=O) groups excluding carboxylic acids is 1. The molecule has 1 amide bonds. The lowest BCUT2D eigenvalue weighted by molar-refractivity contribution is -0.121. The van der Waals surface area contributed by atoms with E-state index in [0.29, 0.717) is 22.9 Å². The highest BCUT2D eigenvalue weighted by molar-refractivity contribution is 6.35. The zero-order valence-corrected chi connectivity index (χ0v) is 17.1. The van der Waals surface area contributed by atoms with Crippen molar-refractivity contribution in [3.05, 3.63) is 68.7 Å². The molecule has 2 heterocycles. The van der Waals surface area contributed by atoms with Gasteiger partial charge < -0.3 is 10.2 Å². The Kier molecular flexibility index (Phi) is 5.48. The summed E-state index contributed by atoms with van der Waals surface area (Å²) in [5.41, 5.74) is 9.46. The van der Waals surface area contributed by atoms with Gasteiger partial charge in [-0.3, -0.25) is 9.79 Å². The number of nitrogens with zero attached hydrogens (tertiary/aromatic N) is 2. The van der Waals surface area contributed by atoms with Crippen LogP contribution in [0.1, 0.15) is 31.7 Å². The molecule has 0 bridgehead atoms. The van der Waals surface area contributed by atoms with E-state index < -0.39 is 0 Å². The van der Waals surface area contributed by atoms with Crippen molar-refractivity contribution in [2.45, 2.75) is 44.7 Å². The van der Waals surface area contributed by atoms with E-state index in [1.807, 2.05) is 12.1 Å². The molecule has 1 N–H and O–H groups in total. The molecule has 144 valence electrons. The van der Waals surface area contributed by atoms with Gasteiger partial charge >= 0.3 is 0 Å². The number of amidine groups is 1. The quantitative estimate of drug-likeness (QED) is 0.741. The second-order valence-electron chi connectivity index (χ2n) is 7.31. The fourth-order valence-electron chi connectivity index (χ4n) is 3.84. The van der Waals surface area contributed by atoms with Crippen LogP contribution in [0.25, 0.3) is 0 Å². The summed E-state index contributed by atoms with van der Waals surface area (Å²) >= 11 is 12.2. The Bertz CT molecular complexity index is 981. The highest BCUT2D eigenvalue weighted by Gasteiger charge is 2.35. The Morgan fingerprint density at radius 1 is 1.39 bits per heavy atom. The van der Waals surface area contributed by atoms with Gasteiger partial charge in [-0.1, -0.05) is 40.7 Å². The van der Waals surface area contributed by atoms with Crippen molar-refractivity contribution in [2.75, 3.05) is 6.54 Å². The molecule has 1 aromatic carbocycles. The smallest absolute Gasteiger partial charge is 0.220 e. The Labute approximate surface area is 174 Å². The first-order chi connectivity index (χ1) is 13.5. The molecule has 0 aromatic heterocycles. The third kappa shape index (κ3) is 3.97. The number of aryl methyl sites for hydroxylation is 1. The largest absolute Gasteiger partial charge is 0.346 e. The van der Waals surface area contributed by atoms with Crippen LogP contribution >= 0.6 is 23.2 Å². The van der Waals surface area contributed by atoms with Crippen LogP contribution in [0.15, 0.2) is 58.1 Å². The minimum Gasteiger partial charge on any atom is -0.346 e. The Morgan fingerprint density at radius 3 is 3.07 bits per heavy atom. The number of amides is 1. The van der Waals surface area contributed by atoms with Gasteiger partial charge in [0.2, 0.25) is 5.91 Å².